The summed E-state index contributed by atoms with van der Waals surface area (Å²) in [5, 5.41) is 11.5. The topological polar surface area (TPSA) is 66.4 Å². The normalized spacial score (nSPS) is 13.7. The number of carbonyl (C=O) groups is 2. The maximum atomic E-state index is 13.5. The Bertz CT molecular complexity index is 493. The van der Waals surface area contributed by atoms with Gasteiger partial charge in [-0.05, 0) is 24.1 Å². The van der Waals surface area contributed by atoms with Crippen LogP contribution in [0.2, 0.25) is 5.02 Å². The number of hydrogen-bond acceptors (Lipinski definition) is 2. The van der Waals surface area contributed by atoms with Crippen molar-refractivity contribution in [2.45, 2.75) is 26.3 Å². The highest BCUT2D eigenvalue weighted by molar-refractivity contribution is 6.30. The summed E-state index contributed by atoms with van der Waals surface area (Å²) in [5.41, 5.74) is -0.223. The Morgan fingerprint density at radius 2 is 2.11 bits per heavy atom. The molecule has 1 aromatic carbocycles. The Morgan fingerprint density at radius 3 is 2.58 bits per heavy atom. The van der Waals surface area contributed by atoms with E-state index in [9.17, 15) is 14.0 Å². The Labute approximate surface area is 115 Å². The van der Waals surface area contributed by atoms with Crippen LogP contribution in [0.5, 0.6) is 0 Å². The molecule has 1 rings (SSSR count). The van der Waals surface area contributed by atoms with Gasteiger partial charge in [0.05, 0.1) is 5.56 Å². The van der Waals surface area contributed by atoms with Gasteiger partial charge in [-0.2, -0.15) is 0 Å². The van der Waals surface area contributed by atoms with Gasteiger partial charge in [0.2, 0.25) is 0 Å². The summed E-state index contributed by atoms with van der Waals surface area (Å²) in [6.45, 7) is 3.52. The van der Waals surface area contributed by atoms with Gasteiger partial charge in [0.1, 0.15) is 11.9 Å². The average Bonchev–Trinajstić information content (AvgIpc) is 2.34. The minimum Gasteiger partial charge on any atom is -0.480 e. The zero-order valence-electron chi connectivity index (χ0n) is 10.6. The molecule has 2 unspecified atom stereocenters. The Kier molecular flexibility index (Phi) is 5.30. The minimum absolute atomic E-state index is 0.172. The maximum absolute atomic E-state index is 13.5. The van der Waals surface area contributed by atoms with Gasteiger partial charge in [-0.15, -0.1) is 0 Å². The van der Waals surface area contributed by atoms with E-state index in [0.29, 0.717) is 6.42 Å². The number of rotatable bonds is 5. The van der Waals surface area contributed by atoms with E-state index >= 15 is 0 Å². The molecule has 0 spiro atoms. The highest BCUT2D eigenvalue weighted by Crippen LogP contribution is 2.15. The molecule has 2 N–H and O–H groups in total. The van der Waals surface area contributed by atoms with Crippen molar-refractivity contribution in [2.24, 2.45) is 5.92 Å². The van der Waals surface area contributed by atoms with Gasteiger partial charge in [-0.3, -0.25) is 4.79 Å². The van der Waals surface area contributed by atoms with Crippen LogP contribution in [0.3, 0.4) is 0 Å². The Hall–Kier alpha value is -1.62. The first-order valence-electron chi connectivity index (χ1n) is 5.85. The molecular weight excluding hydrogens is 273 g/mol. The monoisotopic (exact) mass is 287 g/mol. The summed E-state index contributed by atoms with van der Waals surface area (Å²) in [7, 11) is 0. The molecule has 0 aliphatic carbocycles. The van der Waals surface area contributed by atoms with Gasteiger partial charge in [0.15, 0.2) is 0 Å². The quantitative estimate of drug-likeness (QED) is 0.875. The van der Waals surface area contributed by atoms with E-state index in [1.165, 1.54) is 12.1 Å². The third-order valence-corrected chi connectivity index (χ3v) is 3.18. The lowest BCUT2D eigenvalue weighted by molar-refractivity contribution is -0.140. The van der Waals surface area contributed by atoms with E-state index in [-0.39, 0.29) is 16.5 Å². The third-order valence-electron chi connectivity index (χ3n) is 2.94. The molecule has 0 radical (unpaired) electrons. The number of nitrogens with one attached hydrogen (secondary N) is 1. The van der Waals surface area contributed by atoms with Gasteiger partial charge in [-0.25, -0.2) is 9.18 Å². The molecule has 0 saturated heterocycles. The predicted molar refractivity (Wildman–Crippen MR) is 69.8 cm³/mol. The molecule has 19 heavy (non-hydrogen) atoms. The molecule has 0 fully saturated rings. The lowest BCUT2D eigenvalue weighted by Crippen LogP contribution is -2.45. The van der Waals surface area contributed by atoms with E-state index in [1.54, 1.807) is 6.92 Å². The fourth-order valence-electron chi connectivity index (χ4n) is 1.58. The van der Waals surface area contributed by atoms with Gasteiger partial charge < -0.3 is 10.4 Å². The molecule has 0 aliphatic rings. The molecule has 0 aromatic heterocycles. The molecule has 1 aromatic rings. The fraction of sp³-hybridized carbons (Fsp3) is 0.385. The summed E-state index contributed by atoms with van der Waals surface area (Å²) in [4.78, 5) is 22.9. The highest BCUT2D eigenvalue weighted by Gasteiger charge is 2.26. The zero-order chi connectivity index (χ0) is 14.6. The number of carboxylic acids is 1. The van der Waals surface area contributed by atoms with Gasteiger partial charge >= 0.3 is 5.97 Å². The van der Waals surface area contributed by atoms with Gasteiger partial charge in [-0.1, -0.05) is 31.9 Å². The third kappa shape index (κ3) is 3.92. The van der Waals surface area contributed by atoms with Crippen molar-refractivity contribution in [3.63, 3.8) is 0 Å². The van der Waals surface area contributed by atoms with Crippen molar-refractivity contribution in [2.75, 3.05) is 0 Å². The van der Waals surface area contributed by atoms with E-state index in [0.717, 1.165) is 6.07 Å². The molecule has 2 atom stereocenters. The van der Waals surface area contributed by atoms with E-state index in [2.05, 4.69) is 5.32 Å². The number of aliphatic carboxylic acids is 1. The van der Waals surface area contributed by atoms with Crippen LogP contribution in [0.15, 0.2) is 18.2 Å². The molecule has 0 heterocycles. The standard InChI is InChI=1S/C13H15ClFNO3/c1-3-7(2)11(13(18)19)16-12(17)9-5-4-8(14)6-10(9)15/h4-7,11H,3H2,1-2H3,(H,16,17)(H,18,19). The number of amides is 1. The molecule has 4 nitrogen and oxygen atoms in total. The average molecular weight is 288 g/mol. The molecule has 0 aliphatic heterocycles. The largest absolute Gasteiger partial charge is 0.480 e. The van der Waals surface area contributed by atoms with Crippen LogP contribution >= 0.6 is 11.6 Å². The molecule has 1 amide bonds. The van der Waals surface area contributed by atoms with Crippen molar-refractivity contribution in [3.8, 4) is 0 Å². The lowest BCUT2D eigenvalue weighted by atomic mass is 9.99. The first kappa shape index (κ1) is 15.4. The van der Waals surface area contributed by atoms with Crippen molar-refractivity contribution < 1.29 is 19.1 Å². The van der Waals surface area contributed by atoms with Crippen molar-refractivity contribution in [3.05, 3.63) is 34.6 Å². The first-order chi connectivity index (χ1) is 8.86. The number of halogens is 2. The van der Waals surface area contributed by atoms with Gasteiger partial charge in [0.25, 0.3) is 5.91 Å². The summed E-state index contributed by atoms with van der Waals surface area (Å²) in [6.07, 6.45) is 0.584. The smallest absolute Gasteiger partial charge is 0.326 e. The second-order valence-electron chi connectivity index (χ2n) is 4.30. The number of carbonyl (C=O) groups excluding carboxylic acids is 1. The van der Waals surface area contributed by atoms with E-state index in [4.69, 9.17) is 16.7 Å². The van der Waals surface area contributed by atoms with Crippen LogP contribution in [-0.2, 0) is 4.79 Å². The second kappa shape index (κ2) is 6.52. The molecule has 6 heteroatoms. The molecule has 0 bridgehead atoms. The highest BCUT2D eigenvalue weighted by atomic mass is 35.5. The minimum atomic E-state index is -1.14. The predicted octanol–water partition coefficient (Wildman–Crippen LogP) is 2.71. The fourth-order valence-corrected chi connectivity index (χ4v) is 1.73. The molecular formula is C13H15ClFNO3. The zero-order valence-corrected chi connectivity index (χ0v) is 11.4. The van der Waals surface area contributed by atoms with Crippen LogP contribution < -0.4 is 5.32 Å². The molecule has 104 valence electrons. The number of carboxylic acid groups (broad SMARTS) is 1. The Morgan fingerprint density at radius 1 is 1.47 bits per heavy atom. The van der Waals surface area contributed by atoms with Crippen LogP contribution in [0.1, 0.15) is 30.6 Å². The van der Waals surface area contributed by atoms with Crippen molar-refractivity contribution in [1.82, 2.24) is 5.32 Å². The first-order valence-corrected chi connectivity index (χ1v) is 6.23. The van der Waals surface area contributed by atoms with Crippen molar-refractivity contribution in [1.29, 1.82) is 0 Å². The number of hydrogen-bond donors (Lipinski definition) is 2. The summed E-state index contributed by atoms with van der Waals surface area (Å²) >= 11 is 5.58. The maximum Gasteiger partial charge on any atom is 0.326 e. The Balaban J connectivity index is 2.91. The van der Waals surface area contributed by atoms with E-state index < -0.39 is 23.7 Å². The summed E-state index contributed by atoms with van der Waals surface area (Å²) in [6, 6.07) is 2.56. The van der Waals surface area contributed by atoms with Crippen LogP contribution in [0.25, 0.3) is 0 Å². The lowest BCUT2D eigenvalue weighted by Gasteiger charge is -2.20. The number of benzene rings is 1. The van der Waals surface area contributed by atoms with Crippen LogP contribution in [0.4, 0.5) is 4.39 Å². The van der Waals surface area contributed by atoms with Crippen LogP contribution in [0, 0.1) is 11.7 Å². The second-order valence-corrected chi connectivity index (χ2v) is 4.74. The van der Waals surface area contributed by atoms with Gasteiger partial charge in [0, 0.05) is 5.02 Å². The van der Waals surface area contributed by atoms with Crippen molar-refractivity contribution >= 4 is 23.5 Å². The van der Waals surface area contributed by atoms with E-state index in [1.807, 2.05) is 6.92 Å². The summed E-state index contributed by atoms with van der Waals surface area (Å²) in [5.74, 6) is -2.94. The summed E-state index contributed by atoms with van der Waals surface area (Å²) < 4.78 is 13.5. The van der Waals surface area contributed by atoms with Crippen LogP contribution in [-0.4, -0.2) is 23.0 Å². The molecule has 0 saturated carbocycles. The SMILES string of the molecule is CCC(C)C(NC(=O)c1ccc(Cl)cc1F)C(=O)O.